The minimum absolute atomic E-state index is 0. The third-order valence-electron chi connectivity index (χ3n) is 4.83. The standard InChI is InChI=1S/C10H16N2O8.C8H20N.Fe/c13-7(14)3-11(4-8(15)16)1-2-12(5-9(17)18)6-10(19)20;1-5-9(6-2,7-3)8-4;/h1-6H2,(H,13,14)(H,15,16)(H,17,18)(H,19,20);5-8H2,1-4H3;/q;+1;+3/p-4. The van der Waals surface area contributed by atoms with Gasteiger partial charge in [0, 0.05) is 39.3 Å². The van der Waals surface area contributed by atoms with Crippen LogP contribution in [-0.4, -0.2) is 104 Å². The molecule has 0 N–H and O–H groups in total. The topological polar surface area (TPSA) is 167 Å². The minimum Gasteiger partial charge on any atom is -0.549 e. The summed E-state index contributed by atoms with van der Waals surface area (Å²) in [5.74, 6) is -6.12. The summed E-state index contributed by atoms with van der Waals surface area (Å²) < 4.78 is 1.28. The summed E-state index contributed by atoms with van der Waals surface area (Å²) >= 11 is 0. The third kappa shape index (κ3) is 17.2. The number of carboxylic acid groups (broad SMARTS) is 4. The normalized spacial score (nSPS) is 10.7. The van der Waals surface area contributed by atoms with E-state index in [0.29, 0.717) is 0 Å². The van der Waals surface area contributed by atoms with Gasteiger partial charge in [0.25, 0.3) is 0 Å². The Hall–Kier alpha value is -1.72. The number of carboxylic acids is 4. The Kier molecular flexibility index (Phi) is 19.8. The fourth-order valence-corrected chi connectivity index (χ4v) is 2.78. The van der Waals surface area contributed by atoms with E-state index in [1.807, 2.05) is 0 Å². The fraction of sp³-hybridized carbons (Fsp3) is 0.778. The molecule has 0 saturated carbocycles. The molecule has 0 saturated heterocycles. The molecule has 0 aromatic rings. The maximum atomic E-state index is 10.4. The van der Waals surface area contributed by atoms with Crippen molar-refractivity contribution in [2.45, 2.75) is 27.7 Å². The van der Waals surface area contributed by atoms with Gasteiger partial charge in [-0.3, -0.25) is 9.80 Å². The SMILES string of the molecule is CC[N+](CC)(CC)CC.O=C([O-])CN(CCN(CC(=O)[O-])CC(=O)[O-])CC(=O)[O-].[Fe+3]. The largest absolute Gasteiger partial charge is 3.00 e. The predicted octanol–water partition coefficient (Wildman–Crippen LogP) is -5.53. The van der Waals surface area contributed by atoms with E-state index in [9.17, 15) is 39.6 Å². The number of nitrogens with zero attached hydrogens (tertiary/aromatic N) is 3. The molecule has 0 aliphatic carbocycles. The van der Waals surface area contributed by atoms with E-state index >= 15 is 0 Å². The van der Waals surface area contributed by atoms with Crippen LogP contribution in [0.4, 0.5) is 0 Å². The first-order valence-electron chi connectivity index (χ1n) is 9.54. The summed E-state index contributed by atoms with van der Waals surface area (Å²) in [7, 11) is 0. The molecule has 0 spiro atoms. The molecule has 30 heavy (non-hydrogen) atoms. The van der Waals surface area contributed by atoms with Crippen molar-refractivity contribution in [3.05, 3.63) is 0 Å². The molecule has 175 valence electrons. The smallest absolute Gasteiger partial charge is 0.549 e. The van der Waals surface area contributed by atoms with Crippen molar-refractivity contribution in [3.63, 3.8) is 0 Å². The van der Waals surface area contributed by atoms with E-state index in [0.717, 1.165) is 9.80 Å². The molecular weight excluding hydrogens is 442 g/mol. The van der Waals surface area contributed by atoms with Crippen molar-refractivity contribution in [1.29, 1.82) is 0 Å². The average molecular weight is 474 g/mol. The zero-order chi connectivity index (χ0) is 23.0. The van der Waals surface area contributed by atoms with Gasteiger partial charge in [-0.2, -0.15) is 0 Å². The first kappa shape index (κ1) is 32.9. The summed E-state index contributed by atoms with van der Waals surface area (Å²) in [5, 5.41) is 41.6. The second-order valence-corrected chi connectivity index (χ2v) is 6.52. The molecule has 0 aromatic heterocycles. The van der Waals surface area contributed by atoms with Gasteiger partial charge in [0.1, 0.15) is 0 Å². The van der Waals surface area contributed by atoms with Gasteiger partial charge in [0.05, 0.1) is 50.1 Å². The zero-order valence-corrected chi connectivity index (χ0v) is 19.1. The molecule has 0 aliphatic heterocycles. The summed E-state index contributed by atoms with van der Waals surface area (Å²) in [6.07, 6.45) is 0. The molecule has 0 bridgehead atoms. The number of hydrogen-bond donors (Lipinski definition) is 0. The fourth-order valence-electron chi connectivity index (χ4n) is 2.78. The summed E-state index contributed by atoms with van der Waals surface area (Å²) in [5.41, 5.74) is 0. The Morgan fingerprint density at radius 2 is 0.767 bits per heavy atom. The van der Waals surface area contributed by atoms with Crippen LogP contribution >= 0.6 is 0 Å². The van der Waals surface area contributed by atoms with E-state index in [1.54, 1.807) is 0 Å². The first-order valence-corrected chi connectivity index (χ1v) is 9.54. The van der Waals surface area contributed by atoms with E-state index < -0.39 is 50.1 Å². The number of hydrogen-bond acceptors (Lipinski definition) is 10. The van der Waals surface area contributed by atoms with Crippen LogP contribution in [0.3, 0.4) is 0 Å². The Balaban J connectivity index is -0.000000616. The minimum atomic E-state index is -1.53. The number of aliphatic carboxylic acids is 4. The molecule has 0 unspecified atom stereocenters. The Bertz CT molecular complexity index is 444. The third-order valence-corrected chi connectivity index (χ3v) is 4.83. The second-order valence-electron chi connectivity index (χ2n) is 6.52. The van der Waals surface area contributed by atoms with Gasteiger partial charge in [-0.25, -0.2) is 0 Å². The quantitative estimate of drug-likeness (QED) is 0.165. The second kappa shape index (κ2) is 18.1. The van der Waals surface area contributed by atoms with Crippen LogP contribution < -0.4 is 20.4 Å². The van der Waals surface area contributed by atoms with Crippen LogP contribution in [0, 0.1) is 0 Å². The van der Waals surface area contributed by atoms with Crippen molar-refractivity contribution in [3.8, 4) is 0 Å². The molecule has 0 rings (SSSR count). The van der Waals surface area contributed by atoms with Crippen molar-refractivity contribution in [1.82, 2.24) is 9.80 Å². The van der Waals surface area contributed by atoms with Gasteiger partial charge in [0.15, 0.2) is 0 Å². The molecule has 0 amide bonds. The summed E-state index contributed by atoms with van der Waals surface area (Å²) in [6, 6.07) is 0. The Morgan fingerprint density at radius 3 is 0.867 bits per heavy atom. The molecule has 1 radical (unpaired) electrons. The molecule has 0 aliphatic rings. The predicted molar refractivity (Wildman–Crippen MR) is 95.3 cm³/mol. The van der Waals surface area contributed by atoms with E-state index in [-0.39, 0.29) is 30.2 Å². The summed E-state index contributed by atoms with van der Waals surface area (Å²) in [6.45, 7) is 11.0. The molecule has 11 nitrogen and oxygen atoms in total. The zero-order valence-electron chi connectivity index (χ0n) is 18.0. The number of rotatable bonds is 15. The number of quaternary nitrogens is 1. The number of carbonyl (C=O) groups is 4. The van der Waals surface area contributed by atoms with Crippen LogP contribution in [0.25, 0.3) is 0 Å². The molecule has 12 heteroatoms. The van der Waals surface area contributed by atoms with Gasteiger partial charge in [-0.1, -0.05) is 0 Å². The number of carbonyl (C=O) groups excluding carboxylic acids is 4. The van der Waals surface area contributed by atoms with Crippen molar-refractivity contribution >= 4 is 23.9 Å². The first-order chi connectivity index (χ1) is 13.4. The van der Waals surface area contributed by atoms with Gasteiger partial charge in [-0.15, -0.1) is 0 Å². The van der Waals surface area contributed by atoms with Gasteiger partial charge < -0.3 is 44.1 Å². The van der Waals surface area contributed by atoms with Crippen molar-refractivity contribution < 1.29 is 61.2 Å². The monoisotopic (exact) mass is 474 g/mol. The maximum absolute atomic E-state index is 10.4. The van der Waals surface area contributed by atoms with Crippen molar-refractivity contribution in [2.24, 2.45) is 0 Å². The Morgan fingerprint density at radius 1 is 0.567 bits per heavy atom. The molecule has 0 atom stereocenters. The Labute approximate surface area is 188 Å². The van der Waals surface area contributed by atoms with Crippen LogP contribution in [0.1, 0.15) is 27.7 Å². The molecule has 0 heterocycles. The van der Waals surface area contributed by atoms with Gasteiger partial charge in [-0.05, 0) is 27.7 Å². The molecule has 0 aromatic carbocycles. The molecular formula is C18H32FeN3O8. The van der Waals surface area contributed by atoms with Crippen LogP contribution in [0.5, 0.6) is 0 Å². The molecule has 0 fully saturated rings. The van der Waals surface area contributed by atoms with Crippen LogP contribution in [0.2, 0.25) is 0 Å². The van der Waals surface area contributed by atoms with Crippen LogP contribution in [-0.2, 0) is 36.2 Å². The van der Waals surface area contributed by atoms with E-state index in [4.69, 9.17) is 0 Å². The van der Waals surface area contributed by atoms with Gasteiger partial charge >= 0.3 is 17.1 Å². The van der Waals surface area contributed by atoms with E-state index in [2.05, 4.69) is 27.7 Å². The average Bonchev–Trinajstić information content (AvgIpc) is 2.60. The summed E-state index contributed by atoms with van der Waals surface area (Å²) in [4.78, 5) is 43.4. The van der Waals surface area contributed by atoms with Gasteiger partial charge in [0.2, 0.25) is 0 Å². The maximum Gasteiger partial charge on any atom is 3.00 e. The van der Waals surface area contributed by atoms with Crippen LogP contribution in [0.15, 0.2) is 0 Å². The van der Waals surface area contributed by atoms with Crippen molar-refractivity contribution in [2.75, 3.05) is 65.4 Å². The van der Waals surface area contributed by atoms with E-state index in [1.165, 1.54) is 30.7 Å².